The summed E-state index contributed by atoms with van der Waals surface area (Å²) < 4.78 is 5.98. The number of benzene rings is 1. The Kier molecular flexibility index (Phi) is 3.93. The van der Waals surface area contributed by atoms with Crippen molar-refractivity contribution in [3.8, 4) is 0 Å². The third kappa shape index (κ3) is 2.61. The van der Waals surface area contributed by atoms with Gasteiger partial charge in [0.15, 0.2) is 0 Å². The van der Waals surface area contributed by atoms with E-state index in [0.29, 0.717) is 5.41 Å². The molecule has 0 aliphatic heterocycles. The second-order valence-electron chi connectivity index (χ2n) is 4.88. The lowest BCUT2D eigenvalue weighted by atomic mass is 9.71. The molecule has 0 amide bonds. The summed E-state index contributed by atoms with van der Waals surface area (Å²) in [6.45, 7) is 2.98. The maximum absolute atomic E-state index is 5.98. The molecule has 2 heteroatoms. The molecule has 1 aliphatic carbocycles. The lowest BCUT2D eigenvalue weighted by Crippen LogP contribution is -2.36. The fourth-order valence-corrected chi connectivity index (χ4v) is 2.55. The molecule has 0 N–H and O–H groups in total. The summed E-state index contributed by atoms with van der Waals surface area (Å²) in [4.78, 5) is 0. The summed E-state index contributed by atoms with van der Waals surface area (Å²) >= 11 is 4.44. The Balaban J connectivity index is 1.86. The average molecular weight is 236 g/mol. The van der Waals surface area contributed by atoms with E-state index in [4.69, 9.17) is 4.74 Å². The minimum Gasteiger partial charge on any atom is -0.373 e. The fourth-order valence-electron chi connectivity index (χ4n) is 2.15. The van der Waals surface area contributed by atoms with E-state index in [0.717, 1.165) is 12.4 Å². The van der Waals surface area contributed by atoms with Gasteiger partial charge in [-0.25, -0.2) is 0 Å². The first-order valence-corrected chi connectivity index (χ1v) is 6.66. The van der Waals surface area contributed by atoms with Crippen molar-refractivity contribution in [3.63, 3.8) is 0 Å². The highest BCUT2D eigenvalue weighted by Crippen LogP contribution is 2.42. The van der Waals surface area contributed by atoms with Gasteiger partial charge in [0.25, 0.3) is 0 Å². The largest absolute Gasteiger partial charge is 0.373 e. The van der Waals surface area contributed by atoms with Gasteiger partial charge in [-0.1, -0.05) is 36.8 Å². The predicted molar refractivity (Wildman–Crippen MR) is 70.9 cm³/mol. The van der Waals surface area contributed by atoms with E-state index >= 15 is 0 Å². The number of ether oxygens (including phenoxy) is 1. The van der Waals surface area contributed by atoms with Gasteiger partial charge in [-0.05, 0) is 31.1 Å². The molecule has 2 rings (SSSR count). The first-order chi connectivity index (χ1) is 7.76. The molecule has 0 saturated heterocycles. The average Bonchev–Trinajstić information content (AvgIpc) is 2.29. The van der Waals surface area contributed by atoms with Gasteiger partial charge >= 0.3 is 0 Å². The van der Waals surface area contributed by atoms with Gasteiger partial charge in [-0.3, -0.25) is 0 Å². The fraction of sp³-hybridized carbons (Fsp3) is 0.571. The summed E-state index contributed by atoms with van der Waals surface area (Å²) in [6, 6.07) is 10.4. The van der Waals surface area contributed by atoms with Crippen LogP contribution in [0.2, 0.25) is 0 Å². The SMILES string of the molecule is CC(OCC1(CS)CCC1)c1ccccc1. The van der Waals surface area contributed by atoms with E-state index in [1.807, 2.05) is 6.07 Å². The van der Waals surface area contributed by atoms with Gasteiger partial charge in [0.2, 0.25) is 0 Å². The van der Waals surface area contributed by atoms with Gasteiger partial charge in [-0.15, -0.1) is 0 Å². The zero-order valence-electron chi connectivity index (χ0n) is 9.86. The van der Waals surface area contributed by atoms with Gasteiger partial charge in [0, 0.05) is 5.41 Å². The Hall–Kier alpha value is -0.470. The van der Waals surface area contributed by atoms with E-state index in [2.05, 4.69) is 43.8 Å². The molecule has 1 saturated carbocycles. The first-order valence-electron chi connectivity index (χ1n) is 6.03. The van der Waals surface area contributed by atoms with Crippen LogP contribution in [0.25, 0.3) is 0 Å². The zero-order valence-corrected chi connectivity index (χ0v) is 10.7. The highest BCUT2D eigenvalue weighted by Gasteiger charge is 2.36. The van der Waals surface area contributed by atoms with Crippen molar-refractivity contribution in [1.29, 1.82) is 0 Å². The van der Waals surface area contributed by atoms with E-state index in [-0.39, 0.29) is 6.10 Å². The molecule has 0 aromatic heterocycles. The van der Waals surface area contributed by atoms with Crippen molar-refractivity contribution in [3.05, 3.63) is 35.9 Å². The quantitative estimate of drug-likeness (QED) is 0.764. The molecular weight excluding hydrogens is 216 g/mol. The van der Waals surface area contributed by atoms with E-state index in [1.54, 1.807) is 0 Å². The molecule has 1 aromatic carbocycles. The Morgan fingerprint density at radius 3 is 2.50 bits per heavy atom. The van der Waals surface area contributed by atoms with E-state index in [9.17, 15) is 0 Å². The van der Waals surface area contributed by atoms with E-state index in [1.165, 1.54) is 24.8 Å². The van der Waals surface area contributed by atoms with Crippen molar-refractivity contribution in [2.45, 2.75) is 32.3 Å². The lowest BCUT2D eigenvalue weighted by Gasteiger charge is -2.41. The Bertz CT molecular complexity index is 313. The zero-order chi connectivity index (χ0) is 11.4. The number of rotatable bonds is 5. The van der Waals surface area contributed by atoms with Crippen molar-refractivity contribution < 1.29 is 4.74 Å². The molecule has 88 valence electrons. The Morgan fingerprint density at radius 1 is 1.31 bits per heavy atom. The number of hydrogen-bond donors (Lipinski definition) is 1. The van der Waals surface area contributed by atoms with Crippen LogP contribution in [0.3, 0.4) is 0 Å². The molecule has 0 spiro atoms. The highest BCUT2D eigenvalue weighted by molar-refractivity contribution is 7.80. The van der Waals surface area contributed by atoms with Gasteiger partial charge in [-0.2, -0.15) is 12.6 Å². The van der Waals surface area contributed by atoms with Crippen LogP contribution in [0.15, 0.2) is 30.3 Å². The first kappa shape index (κ1) is 12.0. The third-order valence-corrected chi connectivity index (χ3v) is 4.33. The molecule has 1 unspecified atom stereocenters. The van der Waals surface area contributed by atoms with Crippen LogP contribution in [-0.2, 0) is 4.74 Å². The molecule has 0 heterocycles. The normalized spacial score (nSPS) is 20.1. The predicted octanol–water partition coefficient (Wildman–Crippen LogP) is 3.86. The van der Waals surface area contributed by atoms with Crippen LogP contribution >= 0.6 is 12.6 Å². The van der Waals surface area contributed by atoms with Gasteiger partial charge in [0.05, 0.1) is 12.7 Å². The summed E-state index contributed by atoms with van der Waals surface area (Å²) in [7, 11) is 0. The molecule has 16 heavy (non-hydrogen) atoms. The van der Waals surface area contributed by atoms with Crippen LogP contribution in [0.4, 0.5) is 0 Å². The van der Waals surface area contributed by atoms with E-state index < -0.39 is 0 Å². The van der Waals surface area contributed by atoms with Crippen LogP contribution in [0.5, 0.6) is 0 Å². The molecule has 0 radical (unpaired) electrons. The lowest BCUT2D eigenvalue weighted by molar-refractivity contribution is -0.0267. The molecule has 1 fully saturated rings. The summed E-state index contributed by atoms with van der Waals surface area (Å²) in [5, 5.41) is 0. The van der Waals surface area contributed by atoms with Crippen molar-refractivity contribution in [2.24, 2.45) is 5.41 Å². The Labute approximate surface area is 104 Å². The van der Waals surface area contributed by atoms with Gasteiger partial charge < -0.3 is 4.74 Å². The maximum atomic E-state index is 5.98. The topological polar surface area (TPSA) is 9.23 Å². The van der Waals surface area contributed by atoms with Crippen molar-refractivity contribution >= 4 is 12.6 Å². The molecule has 0 bridgehead atoms. The molecule has 1 nitrogen and oxygen atoms in total. The highest BCUT2D eigenvalue weighted by atomic mass is 32.1. The number of hydrogen-bond acceptors (Lipinski definition) is 2. The standard InChI is InChI=1S/C14H20OS/c1-12(13-6-3-2-4-7-13)15-10-14(11-16)8-5-9-14/h2-4,6-7,12,16H,5,8-11H2,1H3. The number of thiol groups is 1. The van der Waals surface area contributed by atoms with Crippen LogP contribution < -0.4 is 0 Å². The summed E-state index contributed by atoms with van der Waals surface area (Å²) in [5.41, 5.74) is 1.63. The van der Waals surface area contributed by atoms with Crippen LogP contribution in [0.1, 0.15) is 37.9 Å². The van der Waals surface area contributed by atoms with Crippen molar-refractivity contribution in [1.82, 2.24) is 0 Å². The summed E-state index contributed by atoms with van der Waals surface area (Å²) in [6.07, 6.45) is 4.08. The molecule has 1 atom stereocenters. The third-order valence-electron chi connectivity index (χ3n) is 3.66. The minimum absolute atomic E-state index is 0.193. The smallest absolute Gasteiger partial charge is 0.0797 e. The van der Waals surface area contributed by atoms with Crippen LogP contribution in [0, 0.1) is 5.41 Å². The monoisotopic (exact) mass is 236 g/mol. The Morgan fingerprint density at radius 2 is 2.00 bits per heavy atom. The minimum atomic E-state index is 0.193. The molecular formula is C14H20OS. The second kappa shape index (κ2) is 5.24. The van der Waals surface area contributed by atoms with Crippen molar-refractivity contribution in [2.75, 3.05) is 12.4 Å². The summed E-state index contributed by atoms with van der Waals surface area (Å²) in [5.74, 6) is 0.953. The second-order valence-corrected chi connectivity index (χ2v) is 5.19. The molecule has 1 aliphatic rings. The van der Waals surface area contributed by atoms with Gasteiger partial charge in [0.1, 0.15) is 0 Å². The molecule has 1 aromatic rings. The van der Waals surface area contributed by atoms with Crippen LogP contribution in [-0.4, -0.2) is 12.4 Å². The maximum Gasteiger partial charge on any atom is 0.0797 e.